The van der Waals surface area contributed by atoms with Gasteiger partial charge in [-0.15, -0.1) is 0 Å². The summed E-state index contributed by atoms with van der Waals surface area (Å²) < 4.78 is 0. The summed E-state index contributed by atoms with van der Waals surface area (Å²) >= 11 is 0. The van der Waals surface area contributed by atoms with E-state index in [9.17, 15) is 25.0 Å². The predicted molar refractivity (Wildman–Crippen MR) is 44.1 cm³/mol. The maximum absolute atomic E-state index is 11.2. The van der Waals surface area contributed by atoms with E-state index in [1.54, 1.807) is 0 Å². The van der Waals surface area contributed by atoms with E-state index in [1.165, 1.54) is 0 Å². The third kappa shape index (κ3) is 1.92. The molecule has 0 saturated carbocycles. The highest BCUT2D eigenvalue weighted by Crippen LogP contribution is 2.16. The molecule has 0 aromatic carbocycles. The van der Waals surface area contributed by atoms with Crippen molar-refractivity contribution in [2.24, 2.45) is 0 Å². The lowest BCUT2D eigenvalue weighted by molar-refractivity contribution is -0.515. The van der Waals surface area contributed by atoms with Gasteiger partial charge in [-0.1, -0.05) is 0 Å². The molecule has 1 unspecified atom stereocenters. The number of nitro groups is 2. The molecule has 9 nitrogen and oxygen atoms in total. The van der Waals surface area contributed by atoms with Crippen molar-refractivity contribution in [2.75, 3.05) is 0 Å². The van der Waals surface area contributed by atoms with E-state index in [2.05, 4.69) is 4.79 Å². The van der Waals surface area contributed by atoms with Gasteiger partial charge < -0.3 is 5.53 Å². The third-order valence-electron chi connectivity index (χ3n) is 1.86. The maximum atomic E-state index is 11.2. The van der Waals surface area contributed by atoms with Crippen molar-refractivity contribution in [3.05, 3.63) is 37.5 Å². The number of ketones is 1. The summed E-state index contributed by atoms with van der Waals surface area (Å²) in [7, 11) is 0. The Morgan fingerprint density at radius 3 is 2.47 bits per heavy atom. The van der Waals surface area contributed by atoms with Crippen molar-refractivity contribution in [3.8, 4) is 0 Å². The molecule has 0 saturated heterocycles. The molecule has 0 aromatic rings. The van der Waals surface area contributed by atoms with Gasteiger partial charge in [0, 0.05) is 4.92 Å². The summed E-state index contributed by atoms with van der Waals surface area (Å²) in [5, 5.41) is 20.8. The maximum Gasteiger partial charge on any atom is 0.371 e. The van der Waals surface area contributed by atoms with Crippen LogP contribution in [0, 0.1) is 20.2 Å². The second kappa shape index (κ2) is 3.76. The van der Waals surface area contributed by atoms with Crippen molar-refractivity contribution < 1.29 is 19.4 Å². The molecule has 1 aliphatic carbocycles. The zero-order valence-electron chi connectivity index (χ0n) is 7.19. The van der Waals surface area contributed by atoms with Crippen LogP contribution in [0.2, 0.25) is 0 Å². The van der Waals surface area contributed by atoms with Gasteiger partial charge in [0.15, 0.2) is 0 Å². The minimum Gasteiger partial charge on any atom is -0.361 e. The first-order valence-corrected chi connectivity index (χ1v) is 3.72. The Bertz CT molecular complexity index is 433. The van der Waals surface area contributed by atoms with Gasteiger partial charge in [-0.25, -0.2) is 0 Å². The third-order valence-corrected chi connectivity index (χ3v) is 1.86. The zero-order chi connectivity index (χ0) is 11.6. The molecular formula is C6H4N4O5. The summed E-state index contributed by atoms with van der Waals surface area (Å²) in [5.41, 5.74) is 7.14. The van der Waals surface area contributed by atoms with Crippen molar-refractivity contribution in [1.29, 1.82) is 0 Å². The Hall–Kier alpha value is -2.41. The van der Waals surface area contributed by atoms with E-state index in [4.69, 9.17) is 5.53 Å². The lowest BCUT2D eigenvalue weighted by Crippen LogP contribution is -2.39. The number of carbonyl (C=O) groups is 1. The van der Waals surface area contributed by atoms with Crippen LogP contribution in [0.15, 0.2) is 11.8 Å². The van der Waals surface area contributed by atoms with Crippen molar-refractivity contribution >= 4 is 11.5 Å². The van der Waals surface area contributed by atoms with Crippen LogP contribution in [-0.4, -0.2) is 32.2 Å². The topological polar surface area (TPSA) is 140 Å². The Kier molecular flexibility index (Phi) is 2.68. The molecule has 0 bridgehead atoms. The second-order valence-corrected chi connectivity index (χ2v) is 2.75. The number of hydrogen-bond acceptors (Lipinski definition) is 5. The van der Waals surface area contributed by atoms with E-state index in [1.807, 2.05) is 0 Å². The van der Waals surface area contributed by atoms with Gasteiger partial charge >= 0.3 is 11.5 Å². The van der Waals surface area contributed by atoms with E-state index < -0.39 is 39.5 Å². The molecule has 15 heavy (non-hydrogen) atoms. The fourth-order valence-corrected chi connectivity index (χ4v) is 1.13. The molecule has 0 radical (unpaired) electrons. The van der Waals surface area contributed by atoms with Crippen LogP contribution in [0.4, 0.5) is 0 Å². The monoisotopic (exact) mass is 212 g/mol. The number of carbonyl (C=O) groups excluding carboxylic acids is 1. The summed E-state index contributed by atoms with van der Waals surface area (Å²) in [6.07, 6.45) is 0.125. The molecule has 0 aromatic heterocycles. The molecule has 0 spiro atoms. The lowest BCUT2D eigenvalue weighted by Gasteiger charge is -2.06. The predicted octanol–water partition coefficient (Wildman–Crippen LogP) is -0.564. The summed E-state index contributed by atoms with van der Waals surface area (Å²) in [6, 6.07) is -1.75. The minimum atomic E-state index is -1.75. The highest BCUT2D eigenvalue weighted by atomic mass is 16.6. The minimum absolute atomic E-state index is 0.524. The van der Waals surface area contributed by atoms with Gasteiger partial charge in [-0.2, -0.15) is 4.79 Å². The molecule has 0 N–H and O–H groups in total. The van der Waals surface area contributed by atoms with Crippen LogP contribution >= 0.6 is 0 Å². The number of rotatable bonds is 2. The largest absolute Gasteiger partial charge is 0.371 e. The standard InChI is InChI=1S/C6H4N4O5/c7-8-4-1-3(9(12)13)2-5(6(4)11)10(14)15/h1,5H,2H2. The van der Waals surface area contributed by atoms with Gasteiger partial charge in [0.2, 0.25) is 0 Å². The Labute approximate surface area is 81.9 Å². The molecular weight excluding hydrogens is 208 g/mol. The zero-order valence-corrected chi connectivity index (χ0v) is 7.19. The van der Waals surface area contributed by atoms with E-state index in [0.29, 0.717) is 0 Å². The molecule has 1 atom stereocenters. The van der Waals surface area contributed by atoms with E-state index >= 15 is 0 Å². The summed E-state index contributed by atoms with van der Waals surface area (Å²) in [6.45, 7) is 0. The average molecular weight is 212 g/mol. The normalized spacial score (nSPS) is 20.5. The van der Waals surface area contributed by atoms with Gasteiger partial charge in [0.1, 0.15) is 12.5 Å². The number of nitrogens with zero attached hydrogens (tertiary/aromatic N) is 4. The van der Waals surface area contributed by atoms with Crippen LogP contribution in [0.5, 0.6) is 0 Å². The molecule has 78 valence electrons. The summed E-state index contributed by atoms with van der Waals surface area (Å²) in [5.74, 6) is -1.03. The second-order valence-electron chi connectivity index (χ2n) is 2.75. The molecule has 0 heterocycles. The molecule has 1 aliphatic rings. The highest BCUT2D eigenvalue weighted by molar-refractivity contribution is 6.44. The van der Waals surface area contributed by atoms with E-state index in [0.717, 1.165) is 6.08 Å². The molecule has 1 rings (SSSR count). The first-order valence-electron chi connectivity index (χ1n) is 3.72. The lowest BCUT2D eigenvalue weighted by atomic mass is 9.97. The van der Waals surface area contributed by atoms with Gasteiger partial charge in [0.25, 0.3) is 11.7 Å². The molecule has 0 fully saturated rings. The van der Waals surface area contributed by atoms with Gasteiger partial charge in [-0.05, 0) is 0 Å². The Morgan fingerprint density at radius 2 is 2.07 bits per heavy atom. The highest BCUT2D eigenvalue weighted by Gasteiger charge is 2.45. The first kappa shape index (κ1) is 10.7. The molecule has 0 aliphatic heterocycles. The van der Waals surface area contributed by atoms with Crippen molar-refractivity contribution in [1.82, 2.24) is 0 Å². The van der Waals surface area contributed by atoms with Crippen LogP contribution in [0.3, 0.4) is 0 Å². The van der Waals surface area contributed by atoms with Gasteiger partial charge in [-0.3, -0.25) is 25.0 Å². The van der Waals surface area contributed by atoms with Gasteiger partial charge in [0.05, 0.1) is 4.92 Å². The number of Topliss-reactive ketones (excluding diaryl/α,β-unsaturated/α-hetero) is 1. The van der Waals surface area contributed by atoms with Crippen molar-refractivity contribution in [2.45, 2.75) is 12.5 Å². The molecule has 9 heteroatoms. The van der Waals surface area contributed by atoms with Crippen LogP contribution in [0.25, 0.3) is 5.53 Å². The van der Waals surface area contributed by atoms with Crippen LogP contribution < -0.4 is 0 Å². The fourth-order valence-electron chi connectivity index (χ4n) is 1.13. The van der Waals surface area contributed by atoms with Crippen molar-refractivity contribution in [3.63, 3.8) is 0 Å². The van der Waals surface area contributed by atoms with Crippen LogP contribution in [0.1, 0.15) is 6.42 Å². The Morgan fingerprint density at radius 1 is 1.47 bits per heavy atom. The molecule has 0 amide bonds. The van der Waals surface area contributed by atoms with E-state index in [-0.39, 0.29) is 0 Å². The first-order chi connectivity index (χ1) is 6.97. The fraction of sp³-hybridized carbons (Fsp3) is 0.333. The number of hydrogen-bond donors (Lipinski definition) is 0. The SMILES string of the molecule is [N-]=[N+]=C1C=C([N+](=O)[O-])CC([N+](=O)[O-])C1=O. The summed E-state index contributed by atoms with van der Waals surface area (Å²) in [4.78, 5) is 32.6. The average Bonchev–Trinajstić information content (AvgIpc) is 2.17. The smallest absolute Gasteiger partial charge is 0.361 e. The Balaban J connectivity index is 3.20. The number of allylic oxidation sites excluding steroid dienone is 1. The van der Waals surface area contributed by atoms with Crippen LogP contribution in [-0.2, 0) is 4.79 Å². The quantitative estimate of drug-likeness (QED) is 0.261.